The molecule has 0 radical (unpaired) electrons. The van der Waals surface area contributed by atoms with Gasteiger partial charge in [-0.15, -0.1) is 11.3 Å². The summed E-state index contributed by atoms with van der Waals surface area (Å²) in [5.74, 6) is 0.0160. The number of thiophene rings is 1. The van der Waals surface area contributed by atoms with E-state index in [4.69, 9.17) is 16.7 Å². The molecule has 5 nitrogen and oxygen atoms in total. The van der Waals surface area contributed by atoms with Crippen LogP contribution < -0.4 is 5.32 Å². The van der Waals surface area contributed by atoms with Crippen molar-refractivity contribution < 1.29 is 9.90 Å². The van der Waals surface area contributed by atoms with E-state index in [0.29, 0.717) is 21.5 Å². The molecule has 2 aromatic rings. The van der Waals surface area contributed by atoms with Crippen molar-refractivity contribution in [3.63, 3.8) is 0 Å². The Hall–Kier alpha value is -1.66. The molecule has 88 valence electrons. The molecule has 2 rings (SSSR count). The normalized spacial score (nSPS) is 10.2. The highest BCUT2D eigenvalue weighted by Gasteiger charge is 2.11. The van der Waals surface area contributed by atoms with Crippen molar-refractivity contribution in [3.8, 4) is 10.7 Å². The van der Waals surface area contributed by atoms with Crippen LogP contribution in [-0.4, -0.2) is 28.1 Å². The van der Waals surface area contributed by atoms with Crippen molar-refractivity contribution in [3.05, 3.63) is 28.2 Å². The predicted molar refractivity (Wildman–Crippen MR) is 66.9 cm³/mol. The summed E-state index contributed by atoms with van der Waals surface area (Å²) in [4.78, 5) is 20.0. The van der Waals surface area contributed by atoms with Gasteiger partial charge in [0.1, 0.15) is 15.7 Å². The molecule has 0 aliphatic carbocycles. The van der Waals surface area contributed by atoms with Crippen molar-refractivity contribution in [2.45, 2.75) is 0 Å². The first-order valence-electron chi connectivity index (χ1n) is 4.65. The van der Waals surface area contributed by atoms with Gasteiger partial charge >= 0.3 is 5.97 Å². The molecular weight excluding hydrogens is 262 g/mol. The fraction of sp³-hybridized carbons (Fsp3) is 0.100. The van der Waals surface area contributed by atoms with E-state index in [9.17, 15) is 4.79 Å². The molecule has 2 heterocycles. The number of carboxylic acid groups (broad SMARTS) is 1. The SMILES string of the molecule is CNc1nc(-c2ccc(C(=O)O)s2)ncc1Cl. The highest BCUT2D eigenvalue weighted by molar-refractivity contribution is 7.17. The van der Waals surface area contributed by atoms with Crippen molar-refractivity contribution >= 4 is 34.7 Å². The van der Waals surface area contributed by atoms with Gasteiger partial charge in [-0.05, 0) is 12.1 Å². The lowest BCUT2D eigenvalue weighted by Gasteiger charge is -2.03. The van der Waals surface area contributed by atoms with E-state index in [2.05, 4.69) is 15.3 Å². The van der Waals surface area contributed by atoms with Crippen LogP contribution in [0, 0.1) is 0 Å². The predicted octanol–water partition coefficient (Wildman–Crippen LogP) is 2.60. The molecule has 17 heavy (non-hydrogen) atoms. The number of halogens is 1. The Morgan fingerprint density at radius 1 is 1.53 bits per heavy atom. The zero-order chi connectivity index (χ0) is 12.4. The topological polar surface area (TPSA) is 75.1 Å². The van der Waals surface area contributed by atoms with E-state index in [1.807, 2.05) is 0 Å². The number of nitrogens with zero attached hydrogens (tertiary/aromatic N) is 2. The van der Waals surface area contributed by atoms with Crippen molar-refractivity contribution in [1.82, 2.24) is 9.97 Å². The lowest BCUT2D eigenvalue weighted by molar-refractivity contribution is 0.0702. The van der Waals surface area contributed by atoms with Gasteiger partial charge in [0.05, 0.1) is 11.1 Å². The molecule has 0 saturated carbocycles. The average molecular weight is 270 g/mol. The smallest absolute Gasteiger partial charge is 0.345 e. The highest BCUT2D eigenvalue weighted by atomic mass is 35.5. The Kier molecular flexibility index (Phi) is 3.26. The molecule has 2 aromatic heterocycles. The molecule has 0 aliphatic heterocycles. The monoisotopic (exact) mass is 269 g/mol. The molecule has 0 aliphatic rings. The maximum Gasteiger partial charge on any atom is 0.345 e. The molecule has 0 unspecified atom stereocenters. The first-order chi connectivity index (χ1) is 8.11. The third-order valence-electron chi connectivity index (χ3n) is 2.02. The van der Waals surface area contributed by atoms with E-state index < -0.39 is 5.97 Å². The van der Waals surface area contributed by atoms with E-state index in [1.54, 1.807) is 13.1 Å². The van der Waals surface area contributed by atoms with Crippen molar-refractivity contribution in [2.75, 3.05) is 12.4 Å². The first-order valence-corrected chi connectivity index (χ1v) is 5.85. The van der Waals surface area contributed by atoms with Gasteiger partial charge in [0.2, 0.25) is 0 Å². The van der Waals surface area contributed by atoms with Crippen molar-refractivity contribution in [1.29, 1.82) is 0 Å². The minimum absolute atomic E-state index is 0.254. The molecule has 0 saturated heterocycles. The van der Waals surface area contributed by atoms with E-state index in [1.165, 1.54) is 12.3 Å². The summed E-state index contributed by atoms with van der Waals surface area (Å²) in [5, 5.41) is 12.1. The first kappa shape index (κ1) is 11.8. The van der Waals surface area contributed by atoms with Crippen LogP contribution in [-0.2, 0) is 0 Å². The van der Waals surface area contributed by atoms with Gasteiger partial charge in [0, 0.05) is 7.05 Å². The second-order valence-corrected chi connectivity index (χ2v) is 4.60. The number of carbonyl (C=O) groups is 1. The second-order valence-electron chi connectivity index (χ2n) is 3.11. The zero-order valence-corrected chi connectivity index (χ0v) is 10.3. The van der Waals surface area contributed by atoms with Gasteiger partial charge in [-0.2, -0.15) is 0 Å². The third kappa shape index (κ3) is 2.37. The van der Waals surface area contributed by atoms with Crippen LogP contribution >= 0.6 is 22.9 Å². The molecular formula is C10H8ClN3O2S. The Morgan fingerprint density at radius 3 is 2.88 bits per heavy atom. The van der Waals surface area contributed by atoms with Crippen LogP contribution in [0.15, 0.2) is 18.3 Å². The number of anilines is 1. The van der Waals surface area contributed by atoms with Crippen LogP contribution in [0.1, 0.15) is 9.67 Å². The molecule has 0 fully saturated rings. The minimum Gasteiger partial charge on any atom is -0.477 e. The fourth-order valence-electron chi connectivity index (χ4n) is 1.23. The summed E-state index contributed by atoms with van der Waals surface area (Å²) in [7, 11) is 1.70. The number of aromatic carboxylic acids is 1. The van der Waals surface area contributed by atoms with Gasteiger partial charge in [-0.25, -0.2) is 14.8 Å². The summed E-state index contributed by atoms with van der Waals surface area (Å²) in [6.07, 6.45) is 1.48. The lowest BCUT2D eigenvalue weighted by Crippen LogP contribution is -1.96. The number of rotatable bonds is 3. The number of hydrogen-bond donors (Lipinski definition) is 2. The van der Waals surface area contributed by atoms with Crippen LogP contribution in [0.5, 0.6) is 0 Å². The number of carboxylic acids is 1. The summed E-state index contributed by atoms with van der Waals surface area (Å²) in [5.41, 5.74) is 0. The lowest BCUT2D eigenvalue weighted by atomic mass is 10.4. The molecule has 7 heteroatoms. The summed E-state index contributed by atoms with van der Waals surface area (Å²) in [6.45, 7) is 0. The number of nitrogens with one attached hydrogen (secondary N) is 1. The Balaban J connectivity index is 2.42. The van der Waals surface area contributed by atoms with Gasteiger partial charge in [-0.3, -0.25) is 0 Å². The van der Waals surface area contributed by atoms with Crippen molar-refractivity contribution in [2.24, 2.45) is 0 Å². The highest BCUT2D eigenvalue weighted by Crippen LogP contribution is 2.28. The summed E-state index contributed by atoms with van der Waals surface area (Å²) < 4.78 is 0. The minimum atomic E-state index is -0.955. The maximum atomic E-state index is 10.8. The summed E-state index contributed by atoms with van der Waals surface area (Å²) >= 11 is 6.98. The number of aromatic nitrogens is 2. The van der Waals surface area contributed by atoms with Gasteiger partial charge in [-0.1, -0.05) is 11.6 Å². The van der Waals surface area contributed by atoms with E-state index >= 15 is 0 Å². The number of hydrogen-bond acceptors (Lipinski definition) is 5. The Bertz CT molecular complexity index is 570. The molecule has 0 aromatic carbocycles. The quantitative estimate of drug-likeness (QED) is 0.896. The van der Waals surface area contributed by atoms with E-state index in [0.717, 1.165) is 11.3 Å². The summed E-state index contributed by atoms with van der Waals surface area (Å²) in [6, 6.07) is 3.20. The molecule has 2 N–H and O–H groups in total. The Morgan fingerprint density at radius 2 is 2.29 bits per heavy atom. The fourth-order valence-corrected chi connectivity index (χ4v) is 2.21. The molecule has 0 spiro atoms. The van der Waals surface area contributed by atoms with E-state index in [-0.39, 0.29) is 4.88 Å². The Labute approximate surface area is 106 Å². The zero-order valence-electron chi connectivity index (χ0n) is 8.77. The molecule has 0 atom stereocenters. The second kappa shape index (κ2) is 4.68. The standard InChI is InChI=1S/C10H8ClN3O2S/c1-12-8-5(11)4-13-9(14-8)6-2-3-7(17-6)10(15)16/h2-4H,1H3,(H,15,16)(H,12,13,14). The van der Waals surface area contributed by atoms with Crippen LogP contribution in [0.4, 0.5) is 5.82 Å². The van der Waals surface area contributed by atoms with Gasteiger partial charge in [0.25, 0.3) is 0 Å². The van der Waals surface area contributed by atoms with Gasteiger partial charge < -0.3 is 10.4 Å². The third-order valence-corrected chi connectivity index (χ3v) is 3.36. The largest absolute Gasteiger partial charge is 0.477 e. The van der Waals surface area contributed by atoms with Crippen LogP contribution in [0.2, 0.25) is 5.02 Å². The van der Waals surface area contributed by atoms with Crippen LogP contribution in [0.25, 0.3) is 10.7 Å². The molecule has 0 bridgehead atoms. The maximum absolute atomic E-state index is 10.8. The van der Waals surface area contributed by atoms with Gasteiger partial charge in [0.15, 0.2) is 5.82 Å². The average Bonchev–Trinajstić information content (AvgIpc) is 2.79. The molecule has 0 amide bonds. The van der Waals surface area contributed by atoms with Crippen LogP contribution in [0.3, 0.4) is 0 Å².